The van der Waals surface area contributed by atoms with Crippen LogP contribution in [0.4, 0.5) is 0 Å². The van der Waals surface area contributed by atoms with Gasteiger partial charge in [0.15, 0.2) is 0 Å². The van der Waals surface area contributed by atoms with Crippen LogP contribution in [0.3, 0.4) is 0 Å². The summed E-state index contributed by atoms with van der Waals surface area (Å²) in [5.41, 5.74) is 0.756. The Hall–Kier alpha value is -1.88. The molecule has 5 heteroatoms. The van der Waals surface area contributed by atoms with E-state index >= 15 is 0 Å². The number of carboxylic acid groups (broad SMARTS) is 1. The van der Waals surface area contributed by atoms with Crippen molar-refractivity contribution >= 4 is 11.9 Å². The summed E-state index contributed by atoms with van der Waals surface area (Å²) in [7, 11) is 0. The van der Waals surface area contributed by atoms with Crippen LogP contribution in [-0.2, 0) is 16.0 Å². The normalized spacial score (nSPS) is 20.4. The van der Waals surface area contributed by atoms with Gasteiger partial charge in [-0.3, -0.25) is 4.79 Å². The Morgan fingerprint density at radius 3 is 2.77 bits per heavy atom. The highest BCUT2D eigenvalue weighted by molar-refractivity contribution is 5.89. The molecule has 1 aliphatic rings. The highest BCUT2D eigenvalue weighted by atomic mass is 16.5. The molecule has 1 atom stereocenters. The zero-order chi connectivity index (χ0) is 16.2. The van der Waals surface area contributed by atoms with Crippen molar-refractivity contribution in [2.45, 2.75) is 51.2 Å². The molecule has 0 radical (unpaired) electrons. The Labute approximate surface area is 130 Å². The van der Waals surface area contributed by atoms with Crippen LogP contribution in [0.15, 0.2) is 24.3 Å². The third kappa shape index (κ3) is 4.56. The van der Waals surface area contributed by atoms with E-state index in [2.05, 4.69) is 5.32 Å². The molecule has 22 heavy (non-hydrogen) atoms. The first-order chi connectivity index (χ1) is 10.4. The summed E-state index contributed by atoms with van der Waals surface area (Å²) in [6, 6.07) is 6.94. The van der Waals surface area contributed by atoms with E-state index in [4.69, 9.17) is 9.84 Å². The number of aromatic carboxylic acids is 1. The van der Waals surface area contributed by atoms with Crippen LogP contribution in [0.1, 0.15) is 49.0 Å². The number of hydrogen-bond donors (Lipinski definition) is 2. The summed E-state index contributed by atoms with van der Waals surface area (Å²) in [6.45, 7) is 4.70. The minimum absolute atomic E-state index is 0.0390. The topological polar surface area (TPSA) is 75.6 Å². The molecule has 1 fully saturated rings. The average Bonchev–Trinajstić information content (AvgIpc) is 2.44. The molecule has 2 N–H and O–H groups in total. The number of amides is 1. The first-order valence-corrected chi connectivity index (χ1v) is 7.62. The van der Waals surface area contributed by atoms with Crippen LogP contribution in [0.5, 0.6) is 0 Å². The van der Waals surface area contributed by atoms with Crippen LogP contribution >= 0.6 is 0 Å². The van der Waals surface area contributed by atoms with E-state index < -0.39 is 5.97 Å². The third-order valence-corrected chi connectivity index (χ3v) is 3.93. The largest absolute Gasteiger partial charge is 0.478 e. The van der Waals surface area contributed by atoms with E-state index in [0.717, 1.165) is 12.8 Å². The molecule has 2 rings (SSSR count). The van der Waals surface area contributed by atoms with E-state index in [9.17, 15) is 9.59 Å². The van der Waals surface area contributed by atoms with Crippen LogP contribution in [0, 0.1) is 0 Å². The van der Waals surface area contributed by atoms with E-state index in [1.165, 1.54) is 0 Å². The van der Waals surface area contributed by atoms with Crippen LogP contribution in [-0.4, -0.2) is 35.2 Å². The van der Waals surface area contributed by atoms with Crippen molar-refractivity contribution in [1.29, 1.82) is 0 Å². The van der Waals surface area contributed by atoms with Crippen molar-refractivity contribution < 1.29 is 19.4 Å². The number of hydrogen-bond acceptors (Lipinski definition) is 3. The lowest BCUT2D eigenvalue weighted by Gasteiger charge is -2.35. The number of nitrogens with one attached hydrogen (secondary N) is 1. The molecule has 0 saturated carbocycles. The summed E-state index contributed by atoms with van der Waals surface area (Å²) < 4.78 is 5.63. The Bertz CT molecular complexity index is 553. The lowest BCUT2D eigenvalue weighted by molar-refractivity contribution is -0.124. The van der Waals surface area contributed by atoms with Gasteiger partial charge in [-0.05, 0) is 44.7 Å². The Morgan fingerprint density at radius 1 is 1.36 bits per heavy atom. The number of carbonyl (C=O) groups is 2. The number of benzene rings is 1. The second-order valence-corrected chi connectivity index (χ2v) is 6.33. The van der Waals surface area contributed by atoms with Gasteiger partial charge >= 0.3 is 5.97 Å². The maximum Gasteiger partial charge on any atom is 0.335 e. The minimum Gasteiger partial charge on any atom is -0.478 e. The van der Waals surface area contributed by atoms with Crippen LogP contribution in [0.2, 0.25) is 0 Å². The number of carbonyl (C=O) groups excluding carboxylic acids is 1. The molecule has 0 bridgehead atoms. The fraction of sp³-hybridized carbons (Fsp3) is 0.529. The van der Waals surface area contributed by atoms with E-state index in [1.54, 1.807) is 24.3 Å². The van der Waals surface area contributed by atoms with E-state index in [-0.39, 0.29) is 23.1 Å². The Balaban J connectivity index is 1.87. The van der Waals surface area contributed by atoms with Crippen molar-refractivity contribution in [3.63, 3.8) is 0 Å². The predicted octanol–water partition coefficient (Wildman–Crippen LogP) is 2.39. The van der Waals surface area contributed by atoms with Gasteiger partial charge in [0.25, 0.3) is 0 Å². The van der Waals surface area contributed by atoms with E-state index in [1.807, 2.05) is 13.8 Å². The molecule has 5 nitrogen and oxygen atoms in total. The summed E-state index contributed by atoms with van der Waals surface area (Å²) in [4.78, 5) is 23.2. The van der Waals surface area contributed by atoms with Crippen LogP contribution < -0.4 is 5.32 Å². The lowest BCUT2D eigenvalue weighted by Crippen LogP contribution is -2.45. The Morgan fingerprint density at radius 2 is 2.09 bits per heavy atom. The van der Waals surface area contributed by atoms with Gasteiger partial charge in [0.2, 0.25) is 5.91 Å². The van der Waals surface area contributed by atoms with Gasteiger partial charge in [-0.15, -0.1) is 0 Å². The Kier molecular flexibility index (Phi) is 5.19. The van der Waals surface area contributed by atoms with Gasteiger partial charge in [0.1, 0.15) is 0 Å². The number of rotatable bonds is 5. The van der Waals surface area contributed by atoms with Gasteiger partial charge in [-0.25, -0.2) is 4.79 Å². The zero-order valence-corrected chi connectivity index (χ0v) is 13.1. The average molecular weight is 305 g/mol. The number of ether oxygens (including phenoxy) is 1. The van der Waals surface area contributed by atoms with Crippen molar-refractivity contribution in [2.75, 3.05) is 6.61 Å². The summed E-state index contributed by atoms with van der Waals surface area (Å²) in [5, 5.41) is 12.2. The van der Waals surface area contributed by atoms with Gasteiger partial charge < -0.3 is 15.2 Å². The van der Waals surface area contributed by atoms with Gasteiger partial charge in [0, 0.05) is 19.1 Å². The lowest BCUT2D eigenvalue weighted by atomic mass is 9.93. The first kappa shape index (κ1) is 16.5. The number of carboxylic acids is 1. The predicted molar refractivity (Wildman–Crippen MR) is 82.9 cm³/mol. The van der Waals surface area contributed by atoms with Crippen molar-refractivity contribution in [2.24, 2.45) is 0 Å². The van der Waals surface area contributed by atoms with Crippen LogP contribution in [0.25, 0.3) is 0 Å². The van der Waals surface area contributed by atoms with Gasteiger partial charge in [-0.2, -0.15) is 0 Å². The molecule has 1 aromatic rings. The molecule has 1 heterocycles. The quantitative estimate of drug-likeness (QED) is 0.876. The van der Waals surface area contributed by atoms with Crippen molar-refractivity contribution in [3.8, 4) is 0 Å². The maximum absolute atomic E-state index is 12.1. The molecule has 0 aliphatic carbocycles. The minimum atomic E-state index is -0.956. The molecule has 1 unspecified atom stereocenters. The number of aryl methyl sites for hydroxylation is 1. The summed E-state index contributed by atoms with van der Waals surface area (Å²) >= 11 is 0. The highest BCUT2D eigenvalue weighted by Crippen LogP contribution is 2.24. The fourth-order valence-corrected chi connectivity index (χ4v) is 2.85. The standard InChI is InChI=1S/C17H23NO4/c1-17(2)11-13(9-10-22-17)18-15(19)8-7-12-5-3-4-6-14(12)16(20)21/h3-6,13H,7-11H2,1-2H3,(H,18,19)(H,20,21). The second-order valence-electron chi connectivity index (χ2n) is 6.33. The van der Waals surface area contributed by atoms with Gasteiger partial charge in [-0.1, -0.05) is 18.2 Å². The molecule has 1 saturated heterocycles. The molecule has 0 aromatic heterocycles. The monoisotopic (exact) mass is 305 g/mol. The SMILES string of the molecule is CC1(C)CC(NC(=O)CCc2ccccc2C(=O)O)CCO1. The molecule has 1 aliphatic heterocycles. The molecule has 1 aromatic carbocycles. The zero-order valence-electron chi connectivity index (χ0n) is 13.1. The smallest absolute Gasteiger partial charge is 0.335 e. The highest BCUT2D eigenvalue weighted by Gasteiger charge is 2.29. The molecular weight excluding hydrogens is 282 g/mol. The summed E-state index contributed by atoms with van der Waals surface area (Å²) in [6.07, 6.45) is 2.34. The van der Waals surface area contributed by atoms with Crippen molar-refractivity contribution in [1.82, 2.24) is 5.32 Å². The molecule has 1 amide bonds. The second kappa shape index (κ2) is 6.92. The fourth-order valence-electron chi connectivity index (χ4n) is 2.85. The molecule has 0 spiro atoms. The first-order valence-electron chi connectivity index (χ1n) is 7.62. The molecular formula is C17H23NO4. The van der Waals surface area contributed by atoms with Crippen molar-refractivity contribution in [3.05, 3.63) is 35.4 Å². The maximum atomic E-state index is 12.1. The van der Waals surface area contributed by atoms with E-state index in [0.29, 0.717) is 25.0 Å². The molecule has 120 valence electrons. The summed E-state index contributed by atoms with van der Waals surface area (Å²) in [5.74, 6) is -0.995. The van der Waals surface area contributed by atoms with Gasteiger partial charge in [0.05, 0.1) is 11.2 Å². The third-order valence-electron chi connectivity index (χ3n) is 3.93.